The molecular weight excluding hydrogens is 270 g/mol. The predicted molar refractivity (Wildman–Crippen MR) is 79.8 cm³/mol. The van der Waals surface area contributed by atoms with Crippen LogP contribution < -0.4 is 5.32 Å². The van der Waals surface area contributed by atoms with Crippen LogP contribution in [0.3, 0.4) is 0 Å². The Kier molecular flexibility index (Phi) is 5.19. The Morgan fingerprint density at radius 2 is 2.29 bits per heavy atom. The summed E-state index contributed by atoms with van der Waals surface area (Å²) in [6.07, 6.45) is 3.43. The van der Waals surface area contributed by atoms with Gasteiger partial charge in [-0.2, -0.15) is 5.10 Å². The molecule has 7 heteroatoms. The highest BCUT2D eigenvalue weighted by atomic mass is 16.5. The zero-order valence-electron chi connectivity index (χ0n) is 12.8. The van der Waals surface area contributed by atoms with E-state index in [1.165, 1.54) is 7.11 Å². The average Bonchev–Trinajstić information content (AvgIpc) is 2.93. The molecule has 0 amide bonds. The summed E-state index contributed by atoms with van der Waals surface area (Å²) in [4.78, 5) is 18.0. The average molecular weight is 293 g/mol. The van der Waals surface area contributed by atoms with Crippen molar-refractivity contribution in [3.05, 3.63) is 17.5 Å². The Hall–Kier alpha value is -2.05. The first-order chi connectivity index (χ1) is 10.2. The van der Waals surface area contributed by atoms with Crippen LogP contribution in [0.1, 0.15) is 24.1 Å². The number of guanidine groups is 1. The van der Waals surface area contributed by atoms with Gasteiger partial charge in [0, 0.05) is 37.9 Å². The van der Waals surface area contributed by atoms with Gasteiger partial charge < -0.3 is 15.0 Å². The summed E-state index contributed by atoms with van der Waals surface area (Å²) in [5.41, 5.74) is 2.18. The molecule has 1 aliphatic heterocycles. The van der Waals surface area contributed by atoms with Crippen LogP contribution in [0.5, 0.6) is 0 Å². The van der Waals surface area contributed by atoms with E-state index < -0.39 is 0 Å². The third kappa shape index (κ3) is 3.74. The van der Waals surface area contributed by atoms with Crippen LogP contribution in [0, 0.1) is 12.8 Å². The van der Waals surface area contributed by atoms with Crippen molar-refractivity contribution in [3.8, 4) is 0 Å². The number of likely N-dealkylation sites (tertiary alicyclic amines) is 1. The molecule has 1 aliphatic rings. The number of aliphatic imine (C=N–C) groups is 1. The summed E-state index contributed by atoms with van der Waals surface area (Å²) in [5, 5.41) is 10.3. The number of rotatable bonds is 3. The minimum Gasteiger partial charge on any atom is -0.469 e. The number of nitrogens with zero attached hydrogens (tertiary/aromatic N) is 3. The number of carbonyl (C=O) groups excluding carboxylic acids is 1. The number of piperidine rings is 1. The fraction of sp³-hybridized carbons (Fsp3) is 0.643. The van der Waals surface area contributed by atoms with Crippen molar-refractivity contribution in [2.75, 3.05) is 27.2 Å². The number of esters is 1. The van der Waals surface area contributed by atoms with Crippen molar-refractivity contribution in [1.29, 1.82) is 0 Å². The number of methoxy groups -OCH3 is 1. The fourth-order valence-corrected chi connectivity index (χ4v) is 2.55. The van der Waals surface area contributed by atoms with E-state index >= 15 is 0 Å². The normalized spacial score (nSPS) is 16.9. The van der Waals surface area contributed by atoms with Crippen molar-refractivity contribution >= 4 is 11.9 Å². The molecule has 1 aromatic rings. The smallest absolute Gasteiger partial charge is 0.308 e. The molecule has 21 heavy (non-hydrogen) atoms. The molecule has 2 N–H and O–H groups in total. The first kappa shape index (κ1) is 15.3. The first-order valence-corrected chi connectivity index (χ1v) is 7.18. The van der Waals surface area contributed by atoms with E-state index in [-0.39, 0.29) is 11.9 Å². The predicted octanol–water partition coefficient (Wildman–Crippen LogP) is 0.679. The lowest BCUT2D eigenvalue weighted by Gasteiger charge is -2.33. The Morgan fingerprint density at radius 1 is 1.57 bits per heavy atom. The minimum absolute atomic E-state index is 0.0143. The Bertz CT molecular complexity index is 503. The van der Waals surface area contributed by atoms with Gasteiger partial charge >= 0.3 is 5.97 Å². The van der Waals surface area contributed by atoms with Crippen molar-refractivity contribution in [3.63, 3.8) is 0 Å². The number of nitrogens with one attached hydrogen (secondary N) is 2. The molecule has 0 aliphatic carbocycles. The molecule has 1 saturated heterocycles. The molecule has 0 spiro atoms. The summed E-state index contributed by atoms with van der Waals surface area (Å²) in [6.45, 7) is 4.30. The molecule has 116 valence electrons. The quantitative estimate of drug-likeness (QED) is 0.486. The third-order valence-corrected chi connectivity index (χ3v) is 3.91. The van der Waals surface area contributed by atoms with Crippen molar-refractivity contribution < 1.29 is 9.53 Å². The highest BCUT2D eigenvalue weighted by Crippen LogP contribution is 2.18. The summed E-state index contributed by atoms with van der Waals surface area (Å²) in [6, 6.07) is 0. The highest BCUT2D eigenvalue weighted by Gasteiger charge is 2.26. The van der Waals surface area contributed by atoms with Crippen LogP contribution >= 0.6 is 0 Å². The van der Waals surface area contributed by atoms with E-state index in [1.807, 2.05) is 13.1 Å². The number of ether oxygens (including phenoxy) is 1. The van der Waals surface area contributed by atoms with Crippen molar-refractivity contribution in [2.24, 2.45) is 10.9 Å². The van der Waals surface area contributed by atoms with Gasteiger partial charge in [0.1, 0.15) is 0 Å². The molecule has 2 rings (SSSR count). The maximum atomic E-state index is 11.5. The molecule has 0 aromatic carbocycles. The lowest BCUT2D eigenvalue weighted by Crippen LogP contribution is -2.46. The fourth-order valence-electron chi connectivity index (χ4n) is 2.55. The number of hydrogen-bond donors (Lipinski definition) is 2. The van der Waals surface area contributed by atoms with E-state index in [0.29, 0.717) is 6.54 Å². The number of H-pyrrole nitrogens is 1. The van der Waals surface area contributed by atoms with E-state index in [9.17, 15) is 4.79 Å². The number of hydrogen-bond acceptors (Lipinski definition) is 4. The van der Waals surface area contributed by atoms with E-state index in [4.69, 9.17) is 4.74 Å². The van der Waals surface area contributed by atoms with E-state index in [2.05, 4.69) is 25.4 Å². The molecule has 7 nitrogen and oxygen atoms in total. The molecule has 0 bridgehead atoms. The summed E-state index contributed by atoms with van der Waals surface area (Å²) in [5.74, 6) is 0.769. The minimum atomic E-state index is -0.105. The molecular formula is C14H23N5O2. The second kappa shape index (κ2) is 7.10. The van der Waals surface area contributed by atoms with Gasteiger partial charge in [0.2, 0.25) is 0 Å². The van der Waals surface area contributed by atoms with E-state index in [0.717, 1.165) is 43.1 Å². The zero-order valence-corrected chi connectivity index (χ0v) is 12.8. The summed E-state index contributed by atoms with van der Waals surface area (Å²) >= 11 is 0. The number of aromatic nitrogens is 2. The van der Waals surface area contributed by atoms with Crippen LogP contribution in [-0.2, 0) is 16.1 Å². The SMILES string of the molecule is CN=C(NCc1cn[nH]c1C)N1CCC(C(=O)OC)CC1. The van der Waals surface area contributed by atoms with Gasteiger partial charge in [0.15, 0.2) is 5.96 Å². The largest absolute Gasteiger partial charge is 0.469 e. The van der Waals surface area contributed by atoms with E-state index in [1.54, 1.807) is 7.05 Å². The van der Waals surface area contributed by atoms with Gasteiger partial charge in [0.25, 0.3) is 0 Å². The molecule has 2 heterocycles. The Morgan fingerprint density at radius 3 is 2.81 bits per heavy atom. The van der Waals surface area contributed by atoms with Crippen LogP contribution in [0.25, 0.3) is 0 Å². The summed E-state index contributed by atoms with van der Waals surface area (Å²) < 4.78 is 4.81. The van der Waals surface area contributed by atoms with Gasteiger partial charge in [-0.1, -0.05) is 0 Å². The van der Waals surface area contributed by atoms with Crippen LogP contribution in [-0.4, -0.2) is 54.3 Å². The molecule has 1 aromatic heterocycles. The van der Waals surface area contributed by atoms with Crippen LogP contribution in [0.2, 0.25) is 0 Å². The number of carbonyl (C=O) groups is 1. The highest BCUT2D eigenvalue weighted by molar-refractivity contribution is 5.80. The molecule has 0 unspecified atom stereocenters. The molecule has 0 atom stereocenters. The van der Waals surface area contributed by atoms with Gasteiger partial charge in [-0.25, -0.2) is 0 Å². The van der Waals surface area contributed by atoms with Gasteiger partial charge in [-0.15, -0.1) is 0 Å². The number of aromatic amines is 1. The molecule has 1 fully saturated rings. The lowest BCUT2D eigenvalue weighted by molar-refractivity contribution is -0.146. The zero-order chi connectivity index (χ0) is 15.2. The van der Waals surface area contributed by atoms with Gasteiger partial charge in [-0.3, -0.25) is 14.9 Å². The van der Waals surface area contributed by atoms with Crippen molar-refractivity contribution in [1.82, 2.24) is 20.4 Å². The second-order valence-electron chi connectivity index (χ2n) is 5.21. The lowest BCUT2D eigenvalue weighted by atomic mass is 9.97. The molecule has 0 radical (unpaired) electrons. The second-order valence-corrected chi connectivity index (χ2v) is 5.21. The first-order valence-electron chi connectivity index (χ1n) is 7.18. The standard InChI is InChI=1S/C14H23N5O2/c1-10-12(9-17-18-10)8-16-14(15-2)19-6-4-11(5-7-19)13(20)21-3/h9,11H,4-8H2,1-3H3,(H,15,16)(H,17,18). The maximum Gasteiger partial charge on any atom is 0.308 e. The Balaban J connectivity index is 1.86. The van der Waals surface area contributed by atoms with Crippen LogP contribution in [0.15, 0.2) is 11.2 Å². The maximum absolute atomic E-state index is 11.5. The summed E-state index contributed by atoms with van der Waals surface area (Å²) in [7, 11) is 3.22. The van der Waals surface area contributed by atoms with Crippen LogP contribution in [0.4, 0.5) is 0 Å². The third-order valence-electron chi connectivity index (χ3n) is 3.91. The monoisotopic (exact) mass is 293 g/mol. The Labute approximate surface area is 124 Å². The van der Waals surface area contributed by atoms with Gasteiger partial charge in [0.05, 0.1) is 19.2 Å². The number of aryl methyl sites for hydroxylation is 1. The van der Waals surface area contributed by atoms with Crippen molar-refractivity contribution in [2.45, 2.75) is 26.3 Å². The topological polar surface area (TPSA) is 82.6 Å². The molecule has 0 saturated carbocycles. The van der Waals surface area contributed by atoms with Gasteiger partial charge in [-0.05, 0) is 19.8 Å².